The molecule has 24 heavy (non-hydrogen) atoms. The predicted molar refractivity (Wildman–Crippen MR) is 96.5 cm³/mol. The highest BCUT2D eigenvalue weighted by Gasteiger charge is 2.12. The van der Waals surface area contributed by atoms with Crippen molar-refractivity contribution < 1.29 is 14.2 Å². The van der Waals surface area contributed by atoms with Crippen LogP contribution in [-0.2, 0) is 20.8 Å². The Bertz CT molecular complexity index is 469. The Morgan fingerprint density at radius 3 is 2.58 bits per heavy atom. The molecule has 1 aliphatic heterocycles. The standard InChI is InChI=1S/C21H30O3/c1(3-5-11-17-23-21-15-9-12-18-24-21)2-4-10-16-22-19-20-13-7-6-8-14-20/h6-8,13-14,21H,2,4-5,9-12,15-19H2. The molecule has 1 heterocycles. The first-order valence-corrected chi connectivity index (χ1v) is 9.26. The van der Waals surface area contributed by atoms with Crippen LogP contribution < -0.4 is 0 Å². The van der Waals surface area contributed by atoms with Gasteiger partial charge in [-0.25, -0.2) is 0 Å². The van der Waals surface area contributed by atoms with E-state index < -0.39 is 0 Å². The van der Waals surface area contributed by atoms with Gasteiger partial charge >= 0.3 is 0 Å². The Labute approximate surface area is 146 Å². The van der Waals surface area contributed by atoms with Gasteiger partial charge in [-0.15, -0.1) is 11.8 Å². The highest BCUT2D eigenvalue weighted by atomic mass is 16.7. The van der Waals surface area contributed by atoms with Gasteiger partial charge in [0.15, 0.2) is 6.29 Å². The van der Waals surface area contributed by atoms with Gasteiger partial charge in [-0.05, 0) is 44.1 Å². The molecule has 1 saturated heterocycles. The van der Waals surface area contributed by atoms with Crippen LogP contribution >= 0.6 is 0 Å². The van der Waals surface area contributed by atoms with Crippen molar-refractivity contribution in [2.75, 3.05) is 19.8 Å². The van der Waals surface area contributed by atoms with Crippen molar-refractivity contribution in [2.24, 2.45) is 0 Å². The van der Waals surface area contributed by atoms with Crippen molar-refractivity contribution in [3.05, 3.63) is 35.9 Å². The quantitative estimate of drug-likeness (QED) is 0.460. The average Bonchev–Trinajstić information content (AvgIpc) is 2.64. The van der Waals surface area contributed by atoms with E-state index in [9.17, 15) is 0 Å². The lowest BCUT2D eigenvalue weighted by atomic mass is 10.2. The molecule has 0 aliphatic carbocycles. The van der Waals surface area contributed by atoms with Gasteiger partial charge in [-0.1, -0.05) is 30.3 Å². The summed E-state index contributed by atoms with van der Waals surface area (Å²) in [7, 11) is 0. The summed E-state index contributed by atoms with van der Waals surface area (Å²) in [5.41, 5.74) is 1.23. The van der Waals surface area contributed by atoms with Gasteiger partial charge < -0.3 is 14.2 Å². The van der Waals surface area contributed by atoms with Crippen molar-refractivity contribution in [1.29, 1.82) is 0 Å². The van der Waals surface area contributed by atoms with E-state index in [1.54, 1.807) is 0 Å². The molecular weight excluding hydrogens is 300 g/mol. The summed E-state index contributed by atoms with van der Waals surface area (Å²) < 4.78 is 16.9. The number of ether oxygens (including phenoxy) is 3. The number of benzene rings is 1. The maximum absolute atomic E-state index is 5.68. The summed E-state index contributed by atoms with van der Waals surface area (Å²) in [6, 6.07) is 10.3. The molecule has 0 aromatic heterocycles. The Hall–Kier alpha value is -1.34. The topological polar surface area (TPSA) is 27.7 Å². The molecule has 1 fully saturated rings. The Kier molecular flexibility index (Phi) is 10.3. The minimum absolute atomic E-state index is 0.0302. The molecule has 1 aromatic rings. The van der Waals surface area contributed by atoms with E-state index >= 15 is 0 Å². The Morgan fingerprint density at radius 1 is 0.958 bits per heavy atom. The smallest absolute Gasteiger partial charge is 0.157 e. The zero-order valence-electron chi connectivity index (χ0n) is 14.7. The number of hydrogen-bond donors (Lipinski definition) is 0. The fraction of sp³-hybridized carbons (Fsp3) is 0.619. The van der Waals surface area contributed by atoms with Gasteiger partial charge in [-0.2, -0.15) is 0 Å². The molecule has 1 unspecified atom stereocenters. The Balaban J connectivity index is 1.35. The average molecular weight is 330 g/mol. The molecule has 3 nitrogen and oxygen atoms in total. The lowest BCUT2D eigenvalue weighted by Gasteiger charge is -2.22. The monoisotopic (exact) mass is 330 g/mol. The number of unbranched alkanes of at least 4 members (excludes halogenated alkanes) is 3. The molecule has 0 N–H and O–H groups in total. The van der Waals surface area contributed by atoms with E-state index in [0.29, 0.717) is 6.61 Å². The van der Waals surface area contributed by atoms with Crippen molar-refractivity contribution in [1.82, 2.24) is 0 Å². The van der Waals surface area contributed by atoms with Gasteiger partial charge in [0.05, 0.1) is 13.2 Å². The van der Waals surface area contributed by atoms with Crippen LogP contribution in [0.1, 0.15) is 56.9 Å². The van der Waals surface area contributed by atoms with E-state index in [-0.39, 0.29) is 6.29 Å². The molecular formula is C21H30O3. The van der Waals surface area contributed by atoms with Crippen molar-refractivity contribution >= 4 is 0 Å². The summed E-state index contributed by atoms with van der Waals surface area (Å²) in [5, 5.41) is 0. The van der Waals surface area contributed by atoms with Crippen LogP contribution in [0.2, 0.25) is 0 Å². The second-order valence-corrected chi connectivity index (χ2v) is 6.12. The van der Waals surface area contributed by atoms with E-state index in [0.717, 1.165) is 58.3 Å². The van der Waals surface area contributed by atoms with Crippen LogP contribution in [0, 0.1) is 11.8 Å². The van der Waals surface area contributed by atoms with Crippen LogP contribution in [0.25, 0.3) is 0 Å². The lowest BCUT2D eigenvalue weighted by Crippen LogP contribution is -2.22. The summed E-state index contributed by atoms with van der Waals surface area (Å²) in [6.07, 6.45) is 8.51. The SMILES string of the molecule is C(#CCCCOC1CCCCO1)CCCCOCc1ccccc1. The van der Waals surface area contributed by atoms with Gasteiger partial charge in [-0.3, -0.25) is 0 Å². The Morgan fingerprint density at radius 2 is 1.79 bits per heavy atom. The van der Waals surface area contributed by atoms with Gasteiger partial charge in [0.2, 0.25) is 0 Å². The molecule has 0 amide bonds. The third-order valence-electron chi connectivity index (χ3n) is 3.96. The minimum atomic E-state index is 0.0302. The number of hydrogen-bond acceptors (Lipinski definition) is 3. The van der Waals surface area contributed by atoms with E-state index in [2.05, 4.69) is 24.0 Å². The molecule has 0 bridgehead atoms. The van der Waals surface area contributed by atoms with Gasteiger partial charge in [0, 0.05) is 26.1 Å². The number of rotatable bonds is 10. The molecule has 0 saturated carbocycles. The second-order valence-electron chi connectivity index (χ2n) is 6.12. The molecule has 1 aliphatic rings. The third kappa shape index (κ3) is 9.08. The van der Waals surface area contributed by atoms with Crippen LogP contribution in [0.4, 0.5) is 0 Å². The zero-order chi connectivity index (χ0) is 16.7. The van der Waals surface area contributed by atoms with Crippen molar-refractivity contribution in [3.8, 4) is 11.8 Å². The molecule has 0 radical (unpaired) electrons. The van der Waals surface area contributed by atoms with Gasteiger partial charge in [0.25, 0.3) is 0 Å². The molecule has 1 atom stereocenters. The zero-order valence-corrected chi connectivity index (χ0v) is 14.7. The van der Waals surface area contributed by atoms with Crippen LogP contribution in [0.5, 0.6) is 0 Å². The maximum Gasteiger partial charge on any atom is 0.157 e. The minimum Gasteiger partial charge on any atom is -0.377 e. The fourth-order valence-corrected chi connectivity index (χ4v) is 2.58. The van der Waals surface area contributed by atoms with Gasteiger partial charge in [0.1, 0.15) is 0 Å². The van der Waals surface area contributed by atoms with Crippen LogP contribution in [0.15, 0.2) is 30.3 Å². The van der Waals surface area contributed by atoms with Crippen LogP contribution in [-0.4, -0.2) is 26.1 Å². The largest absolute Gasteiger partial charge is 0.377 e. The van der Waals surface area contributed by atoms with Crippen molar-refractivity contribution in [2.45, 2.75) is 64.3 Å². The highest BCUT2D eigenvalue weighted by Crippen LogP contribution is 2.13. The summed E-state index contributed by atoms with van der Waals surface area (Å²) >= 11 is 0. The predicted octanol–water partition coefficient (Wildman–Crippen LogP) is 4.70. The first-order chi connectivity index (χ1) is 11.9. The molecule has 2 rings (SSSR count). The fourth-order valence-electron chi connectivity index (χ4n) is 2.58. The third-order valence-corrected chi connectivity index (χ3v) is 3.96. The van der Waals surface area contributed by atoms with Crippen LogP contribution in [0.3, 0.4) is 0 Å². The molecule has 3 heteroatoms. The molecule has 1 aromatic carbocycles. The lowest BCUT2D eigenvalue weighted by molar-refractivity contribution is -0.162. The summed E-state index contributed by atoms with van der Waals surface area (Å²) in [5.74, 6) is 6.47. The molecule has 0 spiro atoms. The first-order valence-electron chi connectivity index (χ1n) is 9.26. The summed E-state index contributed by atoms with van der Waals surface area (Å²) in [4.78, 5) is 0. The first kappa shape index (κ1) is 19.0. The van der Waals surface area contributed by atoms with Crippen molar-refractivity contribution in [3.63, 3.8) is 0 Å². The van der Waals surface area contributed by atoms with E-state index in [1.807, 2.05) is 18.2 Å². The van der Waals surface area contributed by atoms with E-state index in [1.165, 1.54) is 18.4 Å². The highest BCUT2D eigenvalue weighted by molar-refractivity contribution is 5.13. The normalized spacial score (nSPS) is 17.2. The molecule has 132 valence electrons. The maximum atomic E-state index is 5.68. The van der Waals surface area contributed by atoms with E-state index in [4.69, 9.17) is 14.2 Å². The summed E-state index contributed by atoms with van der Waals surface area (Å²) in [6.45, 7) is 3.12. The second kappa shape index (κ2) is 13.0.